The summed E-state index contributed by atoms with van der Waals surface area (Å²) in [5.41, 5.74) is 2.32. The minimum atomic E-state index is 0.146. The van der Waals surface area contributed by atoms with E-state index < -0.39 is 0 Å². The van der Waals surface area contributed by atoms with Crippen molar-refractivity contribution >= 4 is 17.2 Å². The van der Waals surface area contributed by atoms with Gasteiger partial charge in [0, 0.05) is 56.2 Å². The standard InChI is InChI=1S/C22H31N5O2/c1-17(2)29-21-12-20(14-23-15-21)27-7-3-4-18(16-27)25-22-13-19(5-6-24-22)26-8-10-28-11-9-26/h5-6,12-15,17-18H,3-4,7-11,16H2,1-2H3,(H,24,25)/t18-/m1/s1. The maximum absolute atomic E-state index is 5.81. The number of nitrogens with one attached hydrogen (secondary N) is 1. The Morgan fingerprint density at radius 2 is 1.97 bits per heavy atom. The molecule has 1 N–H and O–H groups in total. The van der Waals surface area contributed by atoms with Crippen LogP contribution in [0.4, 0.5) is 17.2 Å². The third kappa shape index (κ3) is 5.29. The summed E-state index contributed by atoms with van der Waals surface area (Å²) in [4.78, 5) is 13.7. The van der Waals surface area contributed by atoms with Crippen LogP contribution in [0.3, 0.4) is 0 Å². The van der Waals surface area contributed by atoms with E-state index in [1.165, 1.54) is 5.69 Å². The molecule has 0 spiro atoms. The lowest BCUT2D eigenvalue weighted by molar-refractivity contribution is 0.122. The molecule has 0 bridgehead atoms. The summed E-state index contributed by atoms with van der Waals surface area (Å²) in [6, 6.07) is 6.68. The van der Waals surface area contributed by atoms with Crippen LogP contribution in [0.2, 0.25) is 0 Å². The van der Waals surface area contributed by atoms with Crippen LogP contribution in [-0.4, -0.2) is 61.5 Å². The molecular formula is C22H31N5O2. The Kier molecular flexibility index (Phi) is 6.34. The Labute approximate surface area is 173 Å². The van der Waals surface area contributed by atoms with Crippen LogP contribution in [-0.2, 0) is 4.74 Å². The molecule has 156 valence electrons. The summed E-state index contributed by atoms with van der Waals surface area (Å²) in [6.45, 7) is 9.47. The minimum absolute atomic E-state index is 0.146. The summed E-state index contributed by atoms with van der Waals surface area (Å²) in [7, 11) is 0. The number of hydrogen-bond donors (Lipinski definition) is 1. The van der Waals surface area contributed by atoms with Crippen molar-refractivity contribution < 1.29 is 9.47 Å². The van der Waals surface area contributed by atoms with E-state index in [1.54, 1.807) is 6.20 Å². The third-order valence-corrected chi connectivity index (χ3v) is 5.33. The zero-order chi connectivity index (χ0) is 20.1. The number of anilines is 3. The number of morpholine rings is 1. The SMILES string of the molecule is CC(C)Oc1cncc(N2CCC[C@@H](Nc3cc(N4CCOCC4)ccn3)C2)c1. The van der Waals surface area contributed by atoms with Gasteiger partial charge in [-0.25, -0.2) is 4.98 Å². The van der Waals surface area contributed by atoms with Gasteiger partial charge in [-0.15, -0.1) is 0 Å². The molecule has 7 nitrogen and oxygen atoms in total. The van der Waals surface area contributed by atoms with Gasteiger partial charge in [0.1, 0.15) is 11.6 Å². The second-order valence-electron chi connectivity index (χ2n) is 7.97. The average Bonchev–Trinajstić information content (AvgIpc) is 2.75. The highest BCUT2D eigenvalue weighted by Gasteiger charge is 2.21. The second-order valence-corrected chi connectivity index (χ2v) is 7.97. The summed E-state index contributed by atoms with van der Waals surface area (Å²) in [6.07, 6.45) is 8.01. The first-order chi connectivity index (χ1) is 14.2. The van der Waals surface area contributed by atoms with Gasteiger partial charge in [0.15, 0.2) is 0 Å². The first-order valence-electron chi connectivity index (χ1n) is 10.6. The van der Waals surface area contributed by atoms with Gasteiger partial charge in [0.25, 0.3) is 0 Å². The summed E-state index contributed by atoms with van der Waals surface area (Å²) in [5.74, 6) is 1.77. The summed E-state index contributed by atoms with van der Waals surface area (Å²) < 4.78 is 11.3. The number of nitrogens with zero attached hydrogens (tertiary/aromatic N) is 4. The number of aromatic nitrogens is 2. The van der Waals surface area contributed by atoms with Crippen LogP contribution in [0.1, 0.15) is 26.7 Å². The molecule has 4 heterocycles. The fraction of sp³-hybridized carbons (Fsp3) is 0.545. The molecule has 0 aliphatic carbocycles. The Morgan fingerprint density at radius 1 is 1.10 bits per heavy atom. The van der Waals surface area contributed by atoms with Gasteiger partial charge in [-0.3, -0.25) is 4.98 Å². The smallest absolute Gasteiger partial charge is 0.140 e. The maximum atomic E-state index is 5.81. The number of ether oxygens (including phenoxy) is 2. The molecule has 2 saturated heterocycles. The van der Waals surface area contributed by atoms with Crippen molar-refractivity contribution in [1.29, 1.82) is 0 Å². The molecule has 2 aromatic heterocycles. The Hall–Kier alpha value is -2.54. The predicted molar refractivity (Wildman–Crippen MR) is 116 cm³/mol. The number of rotatable bonds is 6. The maximum Gasteiger partial charge on any atom is 0.140 e. The van der Waals surface area contributed by atoms with E-state index in [9.17, 15) is 0 Å². The first kappa shape index (κ1) is 19.8. The van der Waals surface area contributed by atoms with Crippen LogP contribution in [0, 0.1) is 0 Å². The quantitative estimate of drug-likeness (QED) is 0.803. The largest absolute Gasteiger partial charge is 0.489 e. The molecule has 0 saturated carbocycles. The topological polar surface area (TPSA) is 62.8 Å². The van der Waals surface area contributed by atoms with Gasteiger partial charge in [0.05, 0.1) is 37.4 Å². The van der Waals surface area contributed by atoms with Crippen LogP contribution in [0.25, 0.3) is 0 Å². The van der Waals surface area contributed by atoms with Gasteiger partial charge in [-0.2, -0.15) is 0 Å². The minimum Gasteiger partial charge on any atom is -0.489 e. The summed E-state index contributed by atoms with van der Waals surface area (Å²) >= 11 is 0. The van der Waals surface area contributed by atoms with E-state index >= 15 is 0 Å². The van der Waals surface area contributed by atoms with Crippen LogP contribution < -0.4 is 19.9 Å². The van der Waals surface area contributed by atoms with Crippen molar-refractivity contribution in [1.82, 2.24) is 9.97 Å². The van der Waals surface area contributed by atoms with Crippen LogP contribution in [0.5, 0.6) is 5.75 Å². The Morgan fingerprint density at radius 3 is 2.79 bits per heavy atom. The van der Waals surface area contributed by atoms with E-state index in [-0.39, 0.29) is 6.10 Å². The lowest BCUT2D eigenvalue weighted by Gasteiger charge is -2.35. The van der Waals surface area contributed by atoms with Crippen molar-refractivity contribution in [3.63, 3.8) is 0 Å². The van der Waals surface area contributed by atoms with E-state index in [4.69, 9.17) is 9.47 Å². The van der Waals surface area contributed by atoms with Crippen molar-refractivity contribution in [2.75, 3.05) is 54.5 Å². The molecule has 2 aromatic rings. The molecule has 29 heavy (non-hydrogen) atoms. The molecule has 0 radical (unpaired) electrons. The first-order valence-corrected chi connectivity index (χ1v) is 10.6. The summed E-state index contributed by atoms with van der Waals surface area (Å²) in [5, 5.41) is 3.64. The molecule has 2 aliphatic rings. The highest BCUT2D eigenvalue weighted by Crippen LogP contribution is 2.25. The highest BCUT2D eigenvalue weighted by molar-refractivity contribution is 5.55. The second kappa shape index (κ2) is 9.31. The molecule has 0 aromatic carbocycles. The van der Waals surface area contributed by atoms with Gasteiger partial charge in [-0.05, 0) is 32.8 Å². The number of piperidine rings is 1. The number of hydrogen-bond acceptors (Lipinski definition) is 7. The Bertz CT molecular complexity index is 794. The lowest BCUT2D eigenvalue weighted by Crippen LogP contribution is -2.42. The molecule has 0 unspecified atom stereocenters. The third-order valence-electron chi connectivity index (χ3n) is 5.33. The van der Waals surface area contributed by atoms with Gasteiger partial charge >= 0.3 is 0 Å². The molecule has 1 atom stereocenters. The zero-order valence-electron chi connectivity index (χ0n) is 17.4. The molecule has 0 amide bonds. The molecule has 2 fully saturated rings. The Balaban J connectivity index is 1.40. The van der Waals surface area contributed by atoms with E-state index in [0.29, 0.717) is 6.04 Å². The average molecular weight is 398 g/mol. The molecule has 4 rings (SSSR count). The lowest BCUT2D eigenvalue weighted by atomic mass is 10.1. The van der Waals surface area contributed by atoms with Crippen molar-refractivity contribution in [2.45, 2.75) is 38.8 Å². The van der Waals surface area contributed by atoms with Crippen LogP contribution in [0.15, 0.2) is 36.8 Å². The van der Waals surface area contributed by atoms with Gasteiger partial charge in [-0.1, -0.05) is 0 Å². The van der Waals surface area contributed by atoms with E-state index in [1.807, 2.05) is 26.2 Å². The fourth-order valence-electron chi connectivity index (χ4n) is 3.97. The molecule has 2 aliphatic heterocycles. The van der Waals surface area contributed by atoms with Crippen molar-refractivity contribution in [3.8, 4) is 5.75 Å². The predicted octanol–water partition coefficient (Wildman–Crippen LogP) is 3.18. The van der Waals surface area contributed by atoms with Crippen molar-refractivity contribution in [3.05, 3.63) is 36.8 Å². The molecular weight excluding hydrogens is 366 g/mol. The zero-order valence-corrected chi connectivity index (χ0v) is 17.4. The number of pyridine rings is 2. The van der Waals surface area contributed by atoms with Crippen molar-refractivity contribution in [2.24, 2.45) is 0 Å². The van der Waals surface area contributed by atoms with Gasteiger partial charge in [0.2, 0.25) is 0 Å². The highest BCUT2D eigenvalue weighted by atomic mass is 16.5. The van der Waals surface area contributed by atoms with Gasteiger partial charge < -0.3 is 24.6 Å². The van der Waals surface area contributed by atoms with E-state index in [2.05, 4.69) is 43.3 Å². The monoisotopic (exact) mass is 397 g/mol. The van der Waals surface area contributed by atoms with Crippen LogP contribution >= 0.6 is 0 Å². The normalized spacial score (nSPS) is 20.0. The fourth-order valence-corrected chi connectivity index (χ4v) is 3.97. The van der Waals surface area contributed by atoms with E-state index in [0.717, 1.165) is 69.5 Å². The molecule has 7 heteroatoms.